The molecule has 0 aromatic carbocycles. The fraction of sp³-hybridized carbons (Fsp3) is 0.647. The Morgan fingerprint density at radius 2 is 1.86 bits per heavy atom. The van der Waals surface area contributed by atoms with Crippen molar-refractivity contribution in [3.05, 3.63) is 27.6 Å². The summed E-state index contributed by atoms with van der Waals surface area (Å²) in [5.74, 6) is 0. The molecule has 0 aliphatic heterocycles. The summed E-state index contributed by atoms with van der Waals surface area (Å²) >= 11 is 1.66. The van der Waals surface area contributed by atoms with Crippen molar-refractivity contribution in [1.29, 1.82) is 0 Å². The molecule has 3 nitrogen and oxygen atoms in total. The number of fused-ring (bicyclic) bond motifs is 1. The van der Waals surface area contributed by atoms with Crippen molar-refractivity contribution in [2.75, 3.05) is 0 Å². The minimum absolute atomic E-state index is 0.132. The minimum Gasteiger partial charge on any atom is -0.299 e. The second kappa shape index (κ2) is 8.32. The molecule has 0 bridgehead atoms. The van der Waals surface area contributed by atoms with E-state index in [9.17, 15) is 4.79 Å². The van der Waals surface area contributed by atoms with E-state index in [1.165, 1.54) is 37.0 Å². The molecular formula is C17H26N2OS. The molecule has 0 atom stereocenters. The first-order chi connectivity index (χ1) is 10.3. The number of unbranched alkanes of at least 4 members (excludes halogenated alkanes) is 5. The summed E-state index contributed by atoms with van der Waals surface area (Å²) in [7, 11) is 0. The van der Waals surface area contributed by atoms with Crippen LogP contribution in [-0.2, 0) is 13.0 Å². The van der Waals surface area contributed by atoms with Crippen molar-refractivity contribution in [1.82, 2.24) is 9.55 Å². The Morgan fingerprint density at radius 1 is 1.10 bits per heavy atom. The molecule has 0 saturated heterocycles. The molecule has 2 aromatic rings. The zero-order valence-electron chi connectivity index (χ0n) is 13.2. The third-order valence-corrected chi connectivity index (χ3v) is 4.92. The van der Waals surface area contributed by atoms with E-state index in [1.54, 1.807) is 22.2 Å². The molecule has 0 saturated carbocycles. The van der Waals surface area contributed by atoms with Crippen LogP contribution in [0.25, 0.3) is 10.2 Å². The van der Waals surface area contributed by atoms with Gasteiger partial charge in [-0.25, -0.2) is 4.98 Å². The van der Waals surface area contributed by atoms with Crippen LogP contribution in [0.5, 0.6) is 0 Å². The number of hydrogen-bond donors (Lipinski definition) is 0. The second-order valence-corrected chi connectivity index (χ2v) is 6.81. The third kappa shape index (κ3) is 4.40. The summed E-state index contributed by atoms with van der Waals surface area (Å²) in [4.78, 5) is 19.1. The molecule has 116 valence electrons. The van der Waals surface area contributed by atoms with Gasteiger partial charge in [-0.15, -0.1) is 11.3 Å². The summed E-state index contributed by atoms with van der Waals surface area (Å²) < 4.78 is 1.78. The summed E-state index contributed by atoms with van der Waals surface area (Å²) in [6.45, 7) is 5.19. The fourth-order valence-electron chi connectivity index (χ4n) is 2.60. The molecule has 21 heavy (non-hydrogen) atoms. The van der Waals surface area contributed by atoms with Gasteiger partial charge in [0.15, 0.2) is 0 Å². The highest BCUT2D eigenvalue weighted by Gasteiger charge is 2.08. The lowest BCUT2D eigenvalue weighted by Crippen LogP contribution is -2.19. The molecule has 2 rings (SSSR count). The van der Waals surface area contributed by atoms with Crippen molar-refractivity contribution in [2.45, 2.75) is 71.8 Å². The molecule has 0 spiro atoms. The molecule has 0 radical (unpaired) electrons. The predicted octanol–water partition coefficient (Wildman–Crippen LogP) is 4.77. The number of thiophene rings is 1. The van der Waals surface area contributed by atoms with Gasteiger partial charge < -0.3 is 0 Å². The monoisotopic (exact) mass is 306 g/mol. The highest BCUT2D eigenvalue weighted by molar-refractivity contribution is 7.18. The molecule has 0 amide bonds. The number of aryl methyl sites for hydroxylation is 2. The third-order valence-electron chi connectivity index (χ3n) is 3.82. The maximum absolute atomic E-state index is 12.4. The van der Waals surface area contributed by atoms with E-state index in [1.807, 2.05) is 6.07 Å². The van der Waals surface area contributed by atoms with E-state index in [-0.39, 0.29) is 5.56 Å². The van der Waals surface area contributed by atoms with E-state index < -0.39 is 0 Å². The largest absolute Gasteiger partial charge is 0.299 e. The topological polar surface area (TPSA) is 34.9 Å². The summed E-state index contributed by atoms with van der Waals surface area (Å²) in [5.41, 5.74) is 0.132. The standard InChI is InChI=1S/C17H26N2OS/c1-3-5-6-7-8-9-11-19-13-18-16-15(17(19)20)12-14(21-16)10-4-2/h12-13H,3-11H2,1-2H3. The van der Waals surface area contributed by atoms with Crippen molar-refractivity contribution in [3.8, 4) is 0 Å². The van der Waals surface area contributed by atoms with Gasteiger partial charge in [-0.05, 0) is 18.9 Å². The van der Waals surface area contributed by atoms with Gasteiger partial charge in [0.25, 0.3) is 5.56 Å². The first kappa shape index (κ1) is 16.2. The van der Waals surface area contributed by atoms with E-state index in [4.69, 9.17) is 0 Å². The molecular weight excluding hydrogens is 280 g/mol. The lowest BCUT2D eigenvalue weighted by molar-refractivity contribution is 0.548. The van der Waals surface area contributed by atoms with Gasteiger partial charge in [0.1, 0.15) is 4.83 Å². The molecule has 4 heteroatoms. The molecule has 0 fully saturated rings. The van der Waals surface area contributed by atoms with Crippen LogP contribution in [0.1, 0.15) is 63.7 Å². The van der Waals surface area contributed by atoms with Gasteiger partial charge in [0.2, 0.25) is 0 Å². The Morgan fingerprint density at radius 3 is 2.62 bits per heavy atom. The van der Waals surface area contributed by atoms with E-state index in [2.05, 4.69) is 18.8 Å². The molecule has 0 aliphatic rings. The van der Waals surface area contributed by atoms with Crippen molar-refractivity contribution < 1.29 is 0 Å². The van der Waals surface area contributed by atoms with Crippen LogP contribution in [0.4, 0.5) is 0 Å². The quantitative estimate of drug-likeness (QED) is 0.625. The van der Waals surface area contributed by atoms with Crippen LogP contribution < -0.4 is 5.56 Å². The Kier molecular flexibility index (Phi) is 6.43. The lowest BCUT2D eigenvalue weighted by atomic mass is 10.1. The van der Waals surface area contributed by atoms with E-state index >= 15 is 0 Å². The van der Waals surface area contributed by atoms with Crippen molar-refractivity contribution in [3.63, 3.8) is 0 Å². The smallest absolute Gasteiger partial charge is 0.262 e. The lowest BCUT2D eigenvalue weighted by Gasteiger charge is -2.04. The number of nitrogens with zero attached hydrogens (tertiary/aromatic N) is 2. The number of rotatable bonds is 9. The van der Waals surface area contributed by atoms with Gasteiger partial charge in [-0.2, -0.15) is 0 Å². The predicted molar refractivity (Wildman–Crippen MR) is 91.3 cm³/mol. The number of aromatic nitrogens is 2. The molecule has 0 aliphatic carbocycles. The highest BCUT2D eigenvalue weighted by atomic mass is 32.1. The van der Waals surface area contributed by atoms with Crippen molar-refractivity contribution >= 4 is 21.6 Å². The molecule has 0 N–H and O–H groups in total. The van der Waals surface area contributed by atoms with Crippen LogP contribution in [0.3, 0.4) is 0 Å². The maximum Gasteiger partial charge on any atom is 0.262 e. The van der Waals surface area contributed by atoms with Gasteiger partial charge in [0, 0.05) is 11.4 Å². The number of hydrogen-bond acceptors (Lipinski definition) is 3. The Bertz CT molecular complexity index is 615. The van der Waals surface area contributed by atoms with Gasteiger partial charge in [0.05, 0.1) is 11.7 Å². The average molecular weight is 306 g/mol. The maximum atomic E-state index is 12.4. The van der Waals surface area contributed by atoms with Crippen LogP contribution in [0.2, 0.25) is 0 Å². The van der Waals surface area contributed by atoms with Crippen LogP contribution in [-0.4, -0.2) is 9.55 Å². The fourth-order valence-corrected chi connectivity index (χ4v) is 3.69. The summed E-state index contributed by atoms with van der Waals surface area (Å²) in [6.07, 6.45) is 11.3. The van der Waals surface area contributed by atoms with E-state index in [0.29, 0.717) is 0 Å². The molecule has 2 heterocycles. The molecule has 0 unspecified atom stereocenters. The van der Waals surface area contributed by atoms with Crippen LogP contribution in [0.15, 0.2) is 17.2 Å². The first-order valence-corrected chi connectivity index (χ1v) is 9.05. The van der Waals surface area contributed by atoms with Crippen LogP contribution >= 0.6 is 11.3 Å². The van der Waals surface area contributed by atoms with Crippen molar-refractivity contribution in [2.24, 2.45) is 0 Å². The average Bonchev–Trinajstić information content (AvgIpc) is 2.89. The second-order valence-electron chi connectivity index (χ2n) is 5.69. The Labute approximate surface area is 131 Å². The Balaban J connectivity index is 1.97. The highest BCUT2D eigenvalue weighted by Crippen LogP contribution is 2.22. The Hall–Kier alpha value is -1.16. The first-order valence-electron chi connectivity index (χ1n) is 8.24. The van der Waals surface area contributed by atoms with Gasteiger partial charge >= 0.3 is 0 Å². The molecule has 2 aromatic heterocycles. The minimum atomic E-state index is 0.132. The summed E-state index contributed by atoms with van der Waals surface area (Å²) in [5, 5.41) is 0.803. The summed E-state index contributed by atoms with van der Waals surface area (Å²) in [6, 6.07) is 2.04. The van der Waals surface area contributed by atoms with Gasteiger partial charge in [-0.3, -0.25) is 9.36 Å². The van der Waals surface area contributed by atoms with Gasteiger partial charge in [-0.1, -0.05) is 52.4 Å². The van der Waals surface area contributed by atoms with E-state index in [0.717, 1.165) is 36.0 Å². The normalized spacial score (nSPS) is 11.3. The van der Waals surface area contributed by atoms with Crippen LogP contribution in [0, 0.1) is 0 Å². The zero-order chi connectivity index (χ0) is 15.1. The zero-order valence-corrected chi connectivity index (χ0v) is 14.0. The SMILES string of the molecule is CCCCCCCCn1cnc2sc(CCC)cc2c1=O.